The Labute approximate surface area is 148 Å². The van der Waals surface area contributed by atoms with Crippen LogP contribution in [0.1, 0.15) is 11.3 Å². The average Bonchev–Trinajstić information content (AvgIpc) is 3.03. The lowest BCUT2D eigenvalue weighted by Crippen LogP contribution is -1.96. The highest BCUT2D eigenvalue weighted by Crippen LogP contribution is 2.34. The number of benzene rings is 1. The molecular weight excluding hydrogens is 336 g/mol. The Bertz CT molecular complexity index is 1080. The molecule has 0 saturated carbocycles. The fourth-order valence-corrected chi connectivity index (χ4v) is 3.66. The number of thiazole rings is 1. The first-order valence-electron chi connectivity index (χ1n) is 7.75. The molecule has 0 unspecified atom stereocenters. The van der Waals surface area contributed by atoms with Gasteiger partial charge < -0.3 is 9.47 Å². The first-order valence-corrected chi connectivity index (χ1v) is 8.57. The highest BCUT2D eigenvalue weighted by molar-refractivity contribution is 7.21. The van der Waals surface area contributed by atoms with Crippen molar-refractivity contribution in [2.75, 3.05) is 14.2 Å². The Kier molecular flexibility index (Phi) is 4.03. The summed E-state index contributed by atoms with van der Waals surface area (Å²) in [7, 11) is 3.26. The molecule has 0 spiro atoms. The molecule has 3 heterocycles. The van der Waals surface area contributed by atoms with Crippen molar-refractivity contribution in [3.05, 3.63) is 41.7 Å². The number of nitrogens with zero attached hydrogens (tertiary/aromatic N) is 4. The number of aromatic nitrogens is 4. The fourth-order valence-electron chi connectivity index (χ4n) is 2.71. The minimum Gasteiger partial charge on any atom is -0.481 e. The molecule has 0 aliphatic heterocycles. The smallest absolute Gasteiger partial charge is 0.214 e. The summed E-state index contributed by atoms with van der Waals surface area (Å²) in [6.07, 6.45) is 1.75. The summed E-state index contributed by atoms with van der Waals surface area (Å²) in [5.41, 5.74) is 5.40. The van der Waals surface area contributed by atoms with Crippen LogP contribution >= 0.6 is 11.3 Å². The van der Waals surface area contributed by atoms with Crippen LogP contribution in [0.2, 0.25) is 0 Å². The van der Waals surface area contributed by atoms with Crippen LogP contribution in [0.25, 0.3) is 32.0 Å². The molecule has 7 heteroatoms. The SMILES string of the molecule is COCc1cnc2c(-c3nc4ccc(OC)nc4s3)cc(C)cc2n1. The summed E-state index contributed by atoms with van der Waals surface area (Å²) in [6.45, 7) is 2.49. The maximum atomic E-state index is 5.20. The number of methoxy groups -OCH3 is 2. The molecule has 0 atom stereocenters. The second-order valence-corrected chi connectivity index (χ2v) is 6.65. The van der Waals surface area contributed by atoms with Gasteiger partial charge in [0.15, 0.2) is 0 Å². The molecule has 3 aromatic heterocycles. The lowest BCUT2D eigenvalue weighted by atomic mass is 10.1. The molecule has 0 saturated heterocycles. The van der Waals surface area contributed by atoms with E-state index in [1.54, 1.807) is 20.4 Å². The Morgan fingerprint density at radius 2 is 1.92 bits per heavy atom. The second-order valence-electron chi connectivity index (χ2n) is 5.67. The summed E-state index contributed by atoms with van der Waals surface area (Å²) in [6, 6.07) is 7.85. The average molecular weight is 352 g/mol. The highest BCUT2D eigenvalue weighted by Gasteiger charge is 2.14. The standard InChI is InChI=1S/C18H16N4O2S/c1-10-6-12(16-14(7-10)20-11(8-19-16)9-23-2)17-21-13-4-5-15(24-3)22-18(13)25-17/h4-8H,9H2,1-3H3. The molecule has 0 N–H and O–H groups in total. The predicted octanol–water partition coefficient (Wildman–Crippen LogP) is 3.76. The number of rotatable bonds is 4. The Morgan fingerprint density at radius 1 is 1.04 bits per heavy atom. The molecular formula is C18H16N4O2S. The number of hydrogen-bond donors (Lipinski definition) is 0. The molecule has 1 aromatic carbocycles. The van der Waals surface area contributed by atoms with Crippen LogP contribution < -0.4 is 4.74 Å². The van der Waals surface area contributed by atoms with Crippen LogP contribution in [0.15, 0.2) is 30.5 Å². The zero-order valence-corrected chi connectivity index (χ0v) is 14.9. The van der Waals surface area contributed by atoms with Crippen LogP contribution in [-0.4, -0.2) is 34.2 Å². The van der Waals surface area contributed by atoms with Crippen molar-refractivity contribution in [3.8, 4) is 16.5 Å². The number of fused-ring (bicyclic) bond motifs is 2. The summed E-state index contributed by atoms with van der Waals surface area (Å²) in [4.78, 5) is 19.3. The largest absolute Gasteiger partial charge is 0.481 e. The fraction of sp³-hybridized carbons (Fsp3) is 0.222. The summed E-state index contributed by atoms with van der Waals surface area (Å²) in [5, 5.41) is 0.873. The van der Waals surface area contributed by atoms with Gasteiger partial charge >= 0.3 is 0 Å². The van der Waals surface area contributed by atoms with Crippen molar-refractivity contribution in [1.29, 1.82) is 0 Å². The van der Waals surface area contributed by atoms with E-state index >= 15 is 0 Å². The van der Waals surface area contributed by atoms with Gasteiger partial charge in [-0.3, -0.25) is 4.98 Å². The predicted molar refractivity (Wildman–Crippen MR) is 97.9 cm³/mol. The number of pyridine rings is 1. The quantitative estimate of drug-likeness (QED) is 0.557. The van der Waals surface area contributed by atoms with Gasteiger partial charge in [-0.05, 0) is 30.7 Å². The van der Waals surface area contributed by atoms with Gasteiger partial charge in [0, 0.05) is 18.7 Å². The van der Waals surface area contributed by atoms with Gasteiger partial charge in [-0.1, -0.05) is 11.3 Å². The summed E-state index contributed by atoms with van der Waals surface area (Å²) >= 11 is 1.52. The molecule has 6 nitrogen and oxygen atoms in total. The second kappa shape index (κ2) is 6.34. The van der Waals surface area contributed by atoms with Gasteiger partial charge in [0.25, 0.3) is 0 Å². The van der Waals surface area contributed by atoms with Crippen LogP contribution in [-0.2, 0) is 11.3 Å². The third-order valence-electron chi connectivity index (χ3n) is 3.80. The van der Waals surface area contributed by atoms with Gasteiger partial charge in [0.1, 0.15) is 15.4 Å². The van der Waals surface area contributed by atoms with Crippen molar-refractivity contribution in [3.63, 3.8) is 0 Å². The lowest BCUT2D eigenvalue weighted by molar-refractivity contribution is 0.181. The van der Waals surface area contributed by atoms with Crippen molar-refractivity contribution in [2.45, 2.75) is 13.5 Å². The van der Waals surface area contributed by atoms with Gasteiger partial charge in [-0.25, -0.2) is 15.0 Å². The first-order chi connectivity index (χ1) is 12.2. The zero-order valence-electron chi connectivity index (χ0n) is 14.1. The summed E-state index contributed by atoms with van der Waals surface area (Å²) in [5.74, 6) is 0.584. The Morgan fingerprint density at radius 3 is 2.72 bits per heavy atom. The minimum atomic E-state index is 0.442. The molecule has 0 fully saturated rings. The van der Waals surface area contributed by atoms with Crippen molar-refractivity contribution in [1.82, 2.24) is 19.9 Å². The van der Waals surface area contributed by atoms with Crippen molar-refractivity contribution < 1.29 is 9.47 Å². The van der Waals surface area contributed by atoms with E-state index in [0.717, 1.165) is 43.2 Å². The maximum Gasteiger partial charge on any atom is 0.214 e. The number of aryl methyl sites for hydroxylation is 1. The molecule has 126 valence electrons. The van der Waals surface area contributed by atoms with Crippen molar-refractivity contribution in [2.24, 2.45) is 0 Å². The normalized spacial score (nSPS) is 11.3. The summed E-state index contributed by atoms with van der Waals surface area (Å²) < 4.78 is 10.3. The van der Waals surface area contributed by atoms with E-state index in [1.165, 1.54) is 11.3 Å². The molecule has 0 radical (unpaired) electrons. The molecule has 0 aliphatic rings. The molecule has 0 aliphatic carbocycles. The molecule has 0 amide bonds. The van der Waals surface area contributed by atoms with Gasteiger partial charge in [-0.2, -0.15) is 0 Å². The number of hydrogen-bond acceptors (Lipinski definition) is 7. The third-order valence-corrected chi connectivity index (χ3v) is 4.80. The first kappa shape index (κ1) is 15.9. The minimum absolute atomic E-state index is 0.442. The number of ether oxygens (including phenoxy) is 2. The van der Waals surface area contributed by atoms with Gasteiger partial charge in [0.05, 0.1) is 36.6 Å². The van der Waals surface area contributed by atoms with Crippen molar-refractivity contribution >= 4 is 32.7 Å². The molecule has 25 heavy (non-hydrogen) atoms. The van der Waals surface area contributed by atoms with E-state index in [4.69, 9.17) is 14.5 Å². The Hall–Kier alpha value is -2.64. The Balaban J connectivity index is 1.90. The van der Waals surface area contributed by atoms with Gasteiger partial charge in [0.2, 0.25) is 5.88 Å². The van der Waals surface area contributed by atoms with E-state index < -0.39 is 0 Å². The third kappa shape index (κ3) is 2.92. The molecule has 4 aromatic rings. The van der Waals surface area contributed by atoms with E-state index in [9.17, 15) is 0 Å². The monoisotopic (exact) mass is 352 g/mol. The van der Waals surface area contributed by atoms with Crippen LogP contribution in [0.5, 0.6) is 5.88 Å². The van der Waals surface area contributed by atoms with E-state index in [1.807, 2.05) is 25.1 Å². The maximum absolute atomic E-state index is 5.20. The topological polar surface area (TPSA) is 70.0 Å². The van der Waals surface area contributed by atoms with Crippen LogP contribution in [0.3, 0.4) is 0 Å². The van der Waals surface area contributed by atoms with Crippen LogP contribution in [0.4, 0.5) is 0 Å². The van der Waals surface area contributed by atoms with E-state index in [-0.39, 0.29) is 0 Å². The lowest BCUT2D eigenvalue weighted by Gasteiger charge is -2.06. The van der Waals surface area contributed by atoms with E-state index in [2.05, 4.69) is 21.0 Å². The highest BCUT2D eigenvalue weighted by atomic mass is 32.1. The molecule has 0 bridgehead atoms. The van der Waals surface area contributed by atoms with Gasteiger partial charge in [-0.15, -0.1) is 0 Å². The van der Waals surface area contributed by atoms with Crippen LogP contribution in [0, 0.1) is 6.92 Å². The molecule has 4 rings (SSSR count). The van der Waals surface area contributed by atoms with E-state index in [0.29, 0.717) is 12.5 Å². The zero-order chi connectivity index (χ0) is 17.4.